The van der Waals surface area contributed by atoms with Gasteiger partial charge in [-0.1, -0.05) is 12.1 Å². The fourth-order valence-corrected chi connectivity index (χ4v) is 1.97. The van der Waals surface area contributed by atoms with Crippen LogP contribution in [0, 0.1) is 11.3 Å². The number of nitriles is 1. The zero-order valence-electron chi connectivity index (χ0n) is 8.39. The van der Waals surface area contributed by atoms with Crippen LogP contribution in [-0.4, -0.2) is 17.8 Å². The number of hydrogen-bond donors (Lipinski definition) is 1. The predicted octanol–water partition coefficient (Wildman–Crippen LogP) is 2.18. The Kier molecular flexibility index (Phi) is 2.89. The standard InChI is InChI=1S/C12H13NO2/c13-8-12-7-10(4-5-15-12)9-2-1-3-11(14)6-9/h1-3,6,10,12,14H,4-5,7H2. The normalized spacial score (nSPS) is 25.8. The second kappa shape index (κ2) is 4.33. The van der Waals surface area contributed by atoms with Gasteiger partial charge < -0.3 is 9.84 Å². The molecule has 2 atom stereocenters. The first-order valence-electron chi connectivity index (χ1n) is 5.10. The SMILES string of the molecule is N#CC1CC(c2cccc(O)c2)CCO1. The molecular formula is C12H13NO2. The van der Waals surface area contributed by atoms with E-state index in [1.54, 1.807) is 12.1 Å². The predicted molar refractivity (Wildman–Crippen MR) is 55.4 cm³/mol. The molecule has 0 bridgehead atoms. The zero-order valence-corrected chi connectivity index (χ0v) is 8.39. The van der Waals surface area contributed by atoms with Crippen LogP contribution < -0.4 is 0 Å². The first-order chi connectivity index (χ1) is 7.29. The lowest BCUT2D eigenvalue weighted by molar-refractivity contribution is 0.0408. The van der Waals surface area contributed by atoms with Gasteiger partial charge in [-0.25, -0.2) is 0 Å². The minimum Gasteiger partial charge on any atom is -0.508 e. The summed E-state index contributed by atoms with van der Waals surface area (Å²) >= 11 is 0. The fraction of sp³-hybridized carbons (Fsp3) is 0.417. The van der Waals surface area contributed by atoms with Crippen molar-refractivity contribution in [1.82, 2.24) is 0 Å². The van der Waals surface area contributed by atoms with Crippen molar-refractivity contribution < 1.29 is 9.84 Å². The summed E-state index contributed by atoms with van der Waals surface area (Å²) in [5.41, 5.74) is 1.10. The topological polar surface area (TPSA) is 53.2 Å². The average molecular weight is 203 g/mol. The molecule has 1 aromatic rings. The van der Waals surface area contributed by atoms with Crippen LogP contribution in [0.25, 0.3) is 0 Å². The Morgan fingerprint density at radius 3 is 3.07 bits per heavy atom. The third-order valence-electron chi connectivity index (χ3n) is 2.77. The van der Waals surface area contributed by atoms with Crippen LogP contribution in [0.1, 0.15) is 24.3 Å². The maximum absolute atomic E-state index is 9.37. The Balaban J connectivity index is 2.14. The third kappa shape index (κ3) is 2.28. The van der Waals surface area contributed by atoms with Crippen LogP contribution in [0.2, 0.25) is 0 Å². The van der Waals surface area contributed by atoms with E-state index in [2.05, 4.69) is 6.07 Å². The number of phenols is 1. The van der Waals surface area contributed by atoms with Gasteiger partial charge in [-0.15, -0.1) is 0 Å². The number of benzene rings is 1. The molecule has 0 radical (unpaired) electrons. The maximum atomic E-state index is 9.37. The smallest absolute Gasteiger partial charge is 0.144 e. The van der Waals surface area contributed by atoms with E-state index in [4.69, 9.17) is 10.00 Å². The van der Waals surface area contributed by atoms with E-state index < -0.39 is 0 Å². The highest BCUT2D eigenvalue weighted by atomic mass is 16.5. The number of ether oxygens (including phenoxy) is 1. The molecule has 2 rings (SSSR count). The highest BCUT2D eigenvalue weighted by Gasteiger charge is 2.23. The van der Waals surface area contributed by atoms with E-state index >= 15 is 0 Å². The molecule has 2 unspecified atom stereocenters. The first kappa shape index (κ1) is 10.0. The molecule has 0 amide bonds. The highest BCUT2D eigenvalue weighted by molar-refractivity contribution is 5.30. The lowest BCUT2D eigenvalue weighted by atomic mass is 9.89. The molecule has 1 aromatic carbocycles. The second-order valence-corrected chi connectivity index (χ2v) is 3.80. The van der Waals surface area contributed by atoms with Crippen LogP contribution in [-0.2, 0) is 4.74 Å². The molecule has 0 aromatic heterocycles. The van der Waals surface area contributed by atoms with Crippen molar-refractivity contribution in [2.24, 2.45) is 0 Å². The van der Waals surface area contributed by atoms with Gasteiger partial charge in [0.05, 0.1) is 6.07 Å². The van der Waals surface area contributed by atoms with Gasteiger partial charge in [0.2, 0.25) is 0 Å². The van der Waals surface area contributed by atoms with E-state index in [0.717, 1.165) is 18.4 Å². The van der Waals surface area contributed by atoms with Crippen molar-refractivity contribution in [3.8, 4) is 11.8 Å². The molecule has 0 saturated carbocycles. The van der Waals surface area contributed by atoms with Crippen molar-refractivity contribution in [3.63, 3.8) is 0 Å². The van der Waals surface area contributed by atoms with Crippen LogP contribution >= 0.6 is 0 Å². The molecule has 3 nitrogen and oxygen atoms in total. The molecule has 15 heavy (non-hydrogen) atoms. The second-order valence-electron chi connectivity index (χ2n) is 3.80. The van der Waals surface area contributed by atoms with E-state index in [9.17, 15) is 5.11 Å². The fourth-order valence-electron chi connectivity index (χ4n) is 1.97. The molecule has 1 aliphatic heterocycles. The summed E-state index contributed by atoms with van der Waals surface area (Å²) in [5, 5.41) is 18.2. The van der Waals surface area contributed by atoms with E-state index in [-0.39, 0.29) is 11.9 Å². The summed E-state index contributed by atoms with van der Waals surface area (Å²) in [6.45, 7) is 0.624. The molecule has 0 aliphatic carbocycles. The van der Waals surface area contributed by atoms with Crippen molar-refractivity contribution in [2.75, 3.05) is 6.61 Å². The summed E-state index contributed by atoms with van der Waals surface area (Å²) in [6, 6.07) is 9.38. The molecular weight excluding hydrogens is 190 g/mol. The molecule has 1 saturated heterocycles. The van der Waals surface area contributed by atoms with Gasteiger partial charge in [-0.05, 0) is 36.5 Å². The Morgan fingerprint density at radius 2 is 2.33 bits per heavy atom. The van der Waals surface area contributed by atoms with Crippen LogP contribution in [0.5, 0.6) is 5.75 Å². The van der Waals surface area contributed by atoms with E-state index in [1.165, 1.54) is 0 Å². The zero-order chi connectivity index (χ0) is 10.7. The summed E-state index contributed by atoms with van der Waals surface area (Å²) in [7, 11) is 0. The minimum absolute atomic E-state index is 0.285. The van der Waals surface area contributed by atoms with Crippen LogP contribution in [0.15, 0.2) is 24.3 Å². The summed E-state index contributed by atoms with van der Waals surface area (Å²) in [4.78, 5) is 0. The quantitative estimate of drug-likeness (QED) is 0.761. The number of rotatable bonds is 1. The number of nitrogens with zero attached hydrogens (tertiary/aromatic N) is 1. The van der Waals surface area contributed by atoms with Crippen LogP contribution in [0.4, 0.5) is 0 Å². The monoisotopic (exact) mass is 203 g/mol. The van der Waals surface area contributed by atoms with Crippen molar-refractivity contribution >= 4 is 0 Å². The summed E-state index contributed by atoms with van der Waals surface area (Å²) < 4.78 is 5.29. The lowest BCUT2D eigenvalue weighted by Crippen LogP contribution is -2.23. The lowest BCUT2D eigenvalue weighted by Gasteiger charge is -2.25. The first-order valence-corrected chi connectivity index (χ1v) is 5.10. The molecule has 0 spiro atoms. The largest absolute Gasteiger partial charge is 0.508 e. The number of hydrogen-bond acceptors (Lipinski definition) is 3. The Bertz CT molecular complexity index is 383. The van der Waals surface area contributed by atoms with Crippen molar-refractivity contribution in [3.05, 3.63) is 29.8 Å². The Hall–Kier alpha value is -1.53. The molecule has 1 fully saturated rings. The maximum Gasteiger partial charge on any atom is 0.144 e. The van der Waals surface area contributed by atoms with E-state index in [1.807, 2.05) is 12.1 Å². The van der Waals surface area contributed by atoms with Gasteiger partial charge in [0.1, 0.15) is 11.9 Å². The van der Waals surface area contributed by atoms with Gasteiger partial charge in [-0.2, -0.15) is 5.26 Å². The van der Waals surface area contributed by atoms with Gasteiger partial charge in [-0.3, -0.25) is 0 Å². The van der Waals surface area contributed by atoms with Crippen molar-refractivity contribution in [1.29, 1.82) is 5.26 Å². The Labute approximate surface area is 88.9 Å². The third-order valence-corrected chi connectivity index (χ3v) is 2.77. The van der Waals surface area contributed by atoms with Gasteiger partial charge in [0, 0.05) is 6.61 Å². The number of aromatic hydroxyl groups is 1. The number of phenolic OH excluding ortho intramolecular Hbond substituents is 1. The minimum atomic E-state index is -0.300. The molecule has 3 heteroatoms. The molecule has 1 aliphatic rings. The summed E-state index contributed by atoms with van der Waals surface area (Å²) in [6.07, 6.45) is 1.34. The molecule has 1 N–H and O–H groups in total. The van der Waals surface area contributed by atoms with Gasteiger partial charge in [0.15, 0.2) is 0 Å². The van der Waals surface area contributed by atoms with Gasteiger partial charge >= 0.3 is 0 Å². The summed E-state index contributed by atoms with van der Waals surface area (Å²) in [5.74, 6) is 0.614. The molecule has 1 heterocycles. The van der Waals surface area contributed by atoms with Crippen LogP contribution in [0.3, 0.4) is 0 Å². The Morgan fingerprint density at radius 1 is 1.47 bits per heavy atom. The molecule has 78 valence electrons. The van der Waals surface area contributed by atoms with E-state index in [0.29, 0.717) is 12.5 Å². The average Bonchev–Trinajstić information content (AvgIpc) is 2.29. The highest BCUT2D eigenvalue weighted by Crippen LogP contribution is 2.31. The van der Waals surface area contributed by atoms with Gasteiger partial charge in [0.25, 0.3) is 0 Å². The van der Waals surface area contributed by atoms with Crippen molar-refractivity contribution in [2.45, 2.75) is 24.9 Å².